The normalized spacial score (nSPS) is 37.2. The highest BCUT2D eigenvalue weighted by Crippen LogP contribution is 2.33. The average Bonchev–Trinajstić information content (AvgIpc) is 2.85. The van der Waals surface area contributed by atoms with Gasteiger partial charge in [0, 0.05) is 12.1 Å². The van der Waals surface area contributed by atoms with Gasteiger partial charge in [-0.2, -0.15) is 0 Å². The van der Waals surface area contributed by atoms with Crippen molar-refractivity contribution >= 4 is 0 Å². The van der Waals surface area contributed by atoms with Gasteiger partial charge in [0.15, 0.2) is 0 Å². The minimum atomic E-state index is 0.918. The van der Waals surface area contributed by atoms with Gasteiger partial charge in [0.25, 0.3) is 0 Å². The Hall–Kier alpha value is -0.0400. The molecular formula is C11H21N. The lowest BCUT2D eigenvalue weighted by Gasteiger charge is -2.34. The Labute approximate surface area is 76.1 Å². The third kappa shape index (κ3) is 1.82. The molecule has 0 aromatic carbocycles. The molecule has 2 atom stereocenters. The quantitative estimate of drug-likeness (QED) is 0.611. The molecule has 0 aliphatic heterocycles. The van der Waals surface area contributed by atoms with Crippen LogP contribution in [-0.2, 0) is 0 Å². The van der Waals surface area contributed by atoms with E-state index in [-0.39, 0.29) is 0 Å². The van der Waals surface area contributed by atoms with Gasteiger partial charge in [-0.3, -0.25) is 0 Å². The first kappa shape index (κ1) is 8.55. The standard InChI is InChI=1S/C11H21N/c1-9-4-3-5-11(8-9)12(2)10-6-7-10/h9-11H,3-8H2,1-2H3. The van der Waals surface area contributed by atoms with Crippen molar-refractivity contribution in [1.29, 1.82) is 0 Å². The molecule has 70 valence electrons. The largest absolute Gasteiger partial charge is 0.300 e. The summed E-state index contributed by atoms with van der Waals surface area (Å²) >= 11 is 0. The van der Waals surface area contributed by atoms with Crippen molar-refractivity contribution in [1.82, 2.24) is 4.90 Å². The van der Waals surface area contributed by atoms with E-state index < -0.39 is 0 Å². The first-order valence-electron chi connectivity index (χ1n) is 5.49. The predicted octanol–water partition coefficient (Wildman–Crippen LogP) is 2.66. The number of hydrogen-bond donors (Lipinski definition) is 0. The molecule has 2 aliphatic carbocycles. The van der Waals surface area contributed by atoms with Gasteiger partial charge in [0.1, 0.15) is 0 Å². The van der Waals surface area contributed by atoms with Crippen molar-refractivity contribution in [3.05, 3.63) is 0 Å². The molecule has 1 heteroatoms. The second kappa shape index (κ2) is 3.37. The summed E-state index contributed by atoms with van der Waals surface area (Å²) in [6.45, 7) is 2.41. The van der Waals surface area contributed by atoms with Crippen molar-refractivity contribution in [2.45, 2.75) is 57.5 Å². The fourth-order valence-corrected chi connectivity index (χ4v) is 2.55. The summed E-state index contributed by atoms with van der Waals surface area (Å²) in [4.78, 5) is 2.65. The fourth-order valence-electron chi connectivity index (χ4n) is 2.55. The number of hydrogen-bond acceptors (Lipinski definition) is 1. The molecular weight excluding hydrogens is 146 g/mol. The van der Waals surface area contributed by atoms with Crippen LogP contribution in [0.3, 0.4) is 0 Å². The first-order valence-corrected chi connectivity index (χ1v) is 5.49. The minimum Gasteiger partial charge on any atom is -0.300 e. The van der Waals surface area contributed by atoms with Crippen LogP contribution >= 0.6 is 0 Å². The summed E-state index contributed by atoms with van der Waals surface area (Å²) in [5.41, 5.74) is 0. The zero-order valence-corrected chi connectivity index (χ0v) is 8.42. The summed E-state index contributed by atoms with van der Waals surface area (Å²) < 4.78 is 0. The van der Waals surface area contributed by atoms with Crippen LogP contribution in [0.15, 0.2) is 0 Å². The highest BCUT2D eigenvalue weighted by molar-refractivity contribution is 4.88. The summed E-state index contributed by atoms with van der Waals surface area (Å²) in [7, 11) is 2.33. The third-order valence-electron chi connectivity index (χ3n) is 3.61. The van der Waals surface area contributed by atoms with Crippen molar-refractivity contribution in [3.8, 4) is 0 Å². The van der Waals surface area contributed by atoms with Crippen LogP contribution < -0.4 is 0 Å². The van der Waals surface area contributed by atoms with Crippen LogP contribution in [0.4, 0.5) is 0 Å². The van der Waals surface area contributed by atoms with Crippen LogP contribution in [0.25, 0.3) is 0 Å². The first-order chi connectivity index (χ1) is 5.77. The van der Waals surface area contributed by atoms with Gasteiger partial charge in [-0.25, -0.2) is 0 Å². The van der Waals surface area contributed by atoms with E-state index in [1.54, 1.807) is 0 Å². The van der Waals surface area contributed by atoms with E-state index in [2.05, 4.69) is 18.9 Å². The molecule has 2 unspecified atom stereocenters. The SMILES string of the molecule is CC1CCCC(N(C)C2CC2)C1. The zero-order valence-electron chi connectivity index (χ0n) is 8.42. The summed E-state index contributed by atoms with van der Waals surface area (Å²) in [6, 6.07) is 1.88. The van der Waals surface area contributed by atoms with E-state index >= 15 is 0 Å². The summed E-state index contributed by atoms with van der Waals surface area (Å²) in [5, 5.41) is 0. The van der Waals surface area contributed by atoms with Gasteiger partial charge in [0.2, 0.25) is 0 Å². The van der Waals surface area contributed by atoms with Gasteiger partial charge in [-0.1, -0.05) is 19.8 Å². The van der Waals surface area contributed by atoms with Gasteiger partial charge in [-0.15, -0.1) is 0 Å². The predicted molar refractivity (Wildman–Crippen MR) is 52.2 cm³/mol. The lowest BCUT2D eigenvalue weighted by molar-refractivity contribution is 0.157. The van der Waals surface area contributed by atoms with Crippen molar-refractivity contribution in [2.75, 3.05) is 7.05 Å². The third-order valence-corrected chi connectivity index (χ3v) is 3.61. The Kier molecular flexibility index (Phi) is 2.40. The van der Waals surface area contributed by atoms with E-state index in [4.69, 9.17) is 0 Å². The van der Waals surface area contributed by atoms with Crippen molar-refractivity contribution < 1.29 is 0 Å². The molecule has 0 N–H and O–H groups in total. The van der Waals surface area contributed by atoms with E-state index in [9.17, 15) is 0 Å². The van der Waals surface area contributed by atoms with Crippen LogP contribution in [0.2, 0.25) is 0 Å². The van der Waals surface area contributed by atoms with Crippen molar-refractivity contribution in [3.63, 3.8) is 0 Å². The number of nitrogens with zero attached hydrogens (tertiary/aromatic N) is 1. The van der Waals surface area contributed by atoms with E-state index in [0.29, 0.717) is 0 Å². The maximum atomic E-state index is 2.65. The topological polar surface area (TPSA) is 3.24 Å². The van der Waals surface area contributed by atoms with E-state index in [1.165, 1.54) is 38.5 Å². The monoisotopic (exact) mass is 167 g/mol. The maximum absolute atomic E-state index is 2.65. The average molecular weight is 167 g/mol. The van der Waals surface area contributed by atoms with Crippen LogP contribution in [-0.4, -0.2) is 24.0 Å². The molecule has 2 aliphatic rings. The van der Waals surface area contributed by atoms with Crippen LogP contribution in [0.1, 0.15) is 45.4 Å². The van der Waals surface area contributed by atoms with Crippen LogP contribution in [0, 0.1) is 5.92 Å². The lowest BCUT2D eigenvalue weighted by atomic mass is 9.86. The molecule has 2 saturated carbocycles. The van der Waals surface area contributed by atoms with E-state index in [1.807, 2.05) is 0 Å². The molecule has 12 heavy (non-hydrogen) atoms. The lowest BCUT2D eigenvalue weighted by Crippen LogP contribution is -2.36. The zero-order chi connectivity index (χ0) is 8.55. The maximum Gasteiger partial charge on any atom is 0.00976 e. The van der Waals surface area contributed by atoms with Gasteiger partial charge in [-0.05, 0) is 38.6 Å². The molecule has 1 nitrogen and oxygen atoms in total. The fraction of sp³-hybridized carbons (Fsp3) is 1.00. The Bertz CT molecular complexity index is 151. The molecule has 0 spiro atoms. The number of rotatable bonds is 2. The highest BCUT2D eigenvalue weighted by Gasteiger charge is 2.32. The Balaban J connectivity index is 1.84. The van der Waals surface area contributed by atoms with Crippen molar-refractivity contribution in [2.24, 2.45) is 5.92 Å². The molecule has 0 bridgehead atoms. The molecule has 0 aromatic rings. The van der Waals surface area contributed by atoms with Gasteiger partial charge in [0.05, 0.1) is 0 Å². The van der Waals surface area contributed by atoms with E-state index in [0.717, 1.165) is 18.0 Å². The molecule has 2 rings (SSSR count). The summed E-state index contributed by atoms with van der Waals surface area (Å²) in [6.07, 6.45) is 8.75. The Morgan fingerprint density at radius 3 is 2.33 bits per heavy atom. The molecule has 0 aromatic heterocycles. The highest BCUT2D eigenvalue weighted by atomic mass is 15.2. The second-order valence-corrected chi connectivity index (χ2v) is 4.82. The molecule has 0 heterocycles. The molecule has 0 saturated heterocycles. The van der Waals surface area contributed by atoms with Gasteiger partial charge < -0.3 is 4.90 Å². The molecule has 2 fully saturated rings. The van der Waals surface area contributed by atoms with Crippen LogP contribution in [0.5, 0.6) is 0 Å². The molecule has 0 amide bonds. The Morgan fingerprint density at radius 1 is 1.00 bits per heavy atom. The minimum absolute atomic E-state index is 0.918. The molecule has 0 radical (unpaired) electrons. The summed E-state index contributed by atoms with van der Waals surface area (Å²) in [5.74, 6) is 0.977. The Morgan fingerprint density at radius 2 is 1.75 bits per heavy atom. The second-order valence-electron chi connectivity index (χ2n) is 4.82. The smallest absolute Gasteiger partial charge is 0.00976 e. The van der Waals surface area contributed by atoms with Gasteiger partial charge >= 0.3 is 0 Å².